The van der Waals surface area contributed by atoms with Crippen LogP contribution in [0.4, 0.5) is 0 Å². The molecule has 1 saturated heterocycles. The SMILES string of the molecule is CCC1(C)CC(NC(C(=O)O)c2ccccc2)CCO1. The van der Waals surface area contributed by atoms with Gasteiger partial charge in [-0.25, -0.2) is 0 Å². The van der Waals surface area contributed by atoms with E-state index in [1.54, 1.807) is 0 Å². The third-order valence-corrected chi connectivity index (χ3v) is 4.13. The van der Waals surface area contributed by atoms with Gasteiger partial charge in [0.25, 0.3) is 0 Å². The Labute approximate surface area is 120 Å². The predicted molar refractivity (Wildman–Crippen MR) is 77.6 cm³/mol. The lowest BCUT2D eigenvalue weighted by molar-refractivity contribution is -0.140. The Kier molecular flexibility index (Phi) is 4.78. The van der Waals surface area contributed by atoms with Crippen molar-refractivity contribution in [2.45, 2.75) is 50.8 Å². The van der Waals surface area contributed by atoms with Crippen molar-refractivity contribution in [2.24, 2.45) is 0 Å². The molecule has 4 nitrogen and oxygen atoms in total. The lowest BCUT2D eigenvalue weighted by Crippen LogP contribution is -2.47. The van der Waals surface area contributed by atoms with Gasteiger partial charge in [0.15, 0.2) is 0 Å². The molecule has 1 heterocycles. The molecule has 0 aromatic heterocycles. The zero-order chi connectivity index (χ0) is 14.6. The van der Waals surface area contributed by atoms with E-state index in [1.165, 1.54) is 0 Å². The summed E-state index contributed by atoms with van der Waals surface area (Å²) in [6.45, 7) is 4.89. The van der Waals surface area contributed by atoms with Crippen LogP contribution in [0.25, 0.3) is 0 Å². The van der Waals surface area contributed by atoms with Crippen molar-refractivity contribution < 1.29 is 14.6 Å². The van der Waals surface area contributed by atoms with Gasteiger partial charge in [0.2, 0.25) is 0 Å². The van der Waals surface area contributed by atoms with E-state index < -0.39 is 12.0 Å². The molecule has 3 unspecified atom stereocenters. The fraction of sp³-hybridized carbons (Fsp3) is 0.562. The third-order valence-electron chi connectivity index (χ3n) is 4.13. The molecule has 2 rings (SSSR count). The van der Waals surface area contributed by atoms with Gasteiger partial charge in [0.05, 0.1) is 5.60 Å². The molecule has 0 spiro atoms. The minimum absolute atomic E-state index is 0.143. The molecule has 20 heavy (non-hydrogen) atoms. The summed E-state index contributed by atoms with van der Waals surface area (Å²) in [4.78, 5) is 11.5. The molecule has 1 aromatic rings. The van der Waals surface area contributed by atoms with Crippen LogP contribution in [0.1, 0.15) is 44.7 Å². The van der Waals surface area contributed by atoms with Crippen molar-refractivity contribution >= 4 is 5.97 Å². The number of carbonyl (C=O) groups is 1. The Morgan fingerprint density at radius 1 is 1.50 bits per heavy atom. The molecule has 1 aromatic carbocycles. The minimum atomic E-state index is -0.833. The van der Waals surface area contributed by atoms with Crippen LogP contribution < -0.4 is 5.32 Å². The molecule has 4 heteroatoms. The van der Waals surface area contributed by atoms with Crippen LogP contribution in [-0.2, 0) is 9.53 Å². The highest BCUT2D eigenvalue weighted by atomic mass is 16.5. The molecule has 1 aliphatic heterocycles. The maximum absolute atomic E-state index is 11.5. The number of ether oxygens (including phenoxy) is 1. The highest BCUT2D eigenvalue weighted by Crippen LogP contribution is 2.29. The van der Waals surface area contributed by atoms with Gasteiger partial charge in [0.1, 0.15) is 6.04 Å². The highest BCUT2D eigenvalue weighted by molar-refractivity contribution is 5.75. The summed E-state index contributed by atoms with van der Waals surface area (Å²) in [5, 5.41) is 12.7. The lowest BCUT2D eigenvalue weighted by Gasteiger charge is -2.39. The number of carboxylic acids is 1. The Morgan fingerprint density at radius 3 is 2.80 bits per heavy atom. The molecule has 1 aliphatic rings. The maximum Gasteiger partial charge on any atom is 0.325 e. The standard InChI is InChI=1S/C16H23NO3/c1-3-16(2)11-13(9-10-20-16)17-14(15(18)19)12-7-5-4-6-8-12/h4-8,13-14,17H,3,9-11H2,1-2H3,(H,18,19). The zero-order valence-electron chi connectivity index (χ0n) is 12.1. The molecule has 110 valence electrons. The topological polar surface area (TPSA) is 58.6 Å². The van der Waals surface area contributed by atoms with Crippen LogP contribution >= 0.6 is 0 Å². The van der Waals surface area contributed by atoms with Gasteiger partial charge in [-0.1, -0.05) is 37.3 Å². The van der Waals surface area contributed by atoms with Crippen LogP contribution in [0, 0.1) is 0 Å². The Morgan fingerprint density at radius 2 is 2.20 bits per heavy atom. The molecule has 2 N–H and O–H groups in total. The van der Waals surface area contributed by atoms with E-state index >= 15 is 0 Å². The summed E-state index contributed by atoms with van der Waals surface area (Å²) in [7, 11) is 0. The summed E-state index contributed by atoms with van der Waals surface area (Å²) >= 11 is 0. The Balaban J connectivity index is 2.07. The molecule has 0 amide bonds. The van der Waals surface area contributed by atoms with Crippen LogP contribution in [-0.4, -0.2) is 29.3 Å². The lowest BCUT2D eigenvalue weighted by atomic mass is 9.89. The molecule has 1 fully saturated rings. The first-order valence-electron chi connectivity index (χ1n) is 7.22. The van der Waals surface area contributed by atoms with E-state index in [1.807, 2.05) is 30.3 Å². The van der Waals surface area contributed by atoms with Gasteiger partial charge in [-0.3, -0.25) is 10.1 Å². The Bertz CT molecular complexity index is 448. The van der Waals surface area contributed by atoms with Crippen LogP contribution in [0.5, 0.6) is 0 Å². The second-order valence-electron chi connectivity index (χ2n) is 5.69. The highest BCUT2D eigenvalue weighted by Gasteiger charge is 2.34. The van der Waals surface area contributed by atoms with Gasteiger partial charge < -0.3 is 9.84 Å². The van der Waals surface area contributed by atoms with E-state index in [4.69, 9.17) is 4.74 Å². The maximum atomic E-state index is 11.5. The molecular formula is C16H23NO3. The van der Waals surface area contributed by atoms with Crippen molar-refractivity contribution in [3.05, 3.63) is 35.9 Å². The smallest absolute Gasteiger partial charge is 0.325 e. The van der Waals surface area contributed by atoms with Gasteiger partial charge in [-0.15, -0.1) is 0 Å². The normalized spacial score (nSPS) is 28.0. The van der Waals surface area contributed by atoms with Gasteiger partial charge in [-0.2, -0.15) is 0 Å². The van der Waals surface area contributed by atoms with Crippen LogP contribution in [0.2, 0.25) is 0 Å². The summed E-state index contributed by atoms with van der Waals surface area (Å²) < 4.78 is 5.81. The van der Waals surface area contributed by atoms with Gasteiger partial charge >= 0.3 is 5.97 Å². The number of hydrogen-bond acceptors (Lipinski definition) is 3. The summed E-state index contributed by atoms with van der Waals surface area (Å²) in [5.41, 5.74) is 0.653. The number of carboxylic acid groups (broad SMARTS) is 1. The van der Waals surface area contributed by atoms with Gasteiger partial charge in [-0.05, 0) is 31.7 Å². The molecule has 0 saturated carbocycles. The average Bonchev–Trinajstić information content (AvgIpc) is 2.45. The fourth-order valence-corrected chi connectivity index (χ4v) is 2.71. The second-order valence-corrected chi connectivity index (χ2v) is 5.69. The van der Waals surface area contributed by atoms with E-state index in [9.17, 15) is 9.90 Å². The summed E-state index contributed by atoms with van der Waals surface area (Å²) in [5.74, 6) is -0.833. The minimum Gasteiger partial charge on any atom is -0.480 e. The predicted octanol–water partition coefficient (Wildman–Crippen LogP) is 2.75. The van der Waals surface area contributed by atoms with Crippen molar-refractivity contribution in [1.82, 2.24) is 5.32 Å². The molecular weight excluding hydrogens is 254 g/mol. The van der Waals surface area contributed by atoms with Crippen LogP contribution in [0.15, 0.2) is 30.3 Å². The number of hydrogen-bond donors (Lipinski definition) is 2. The van der Waals surface area contributed by atoms with Crippen LogP contribution in [0.3, 0.4) is 0 Å². The first kappa shape index (κ1) is 15.0. The zero-order valence-corrected chi connectivity index (χ0v) is 12.1. The number of rotatable bonds is 5. The quantitative estimate of drug-likeness (QED) is 0.869. The third kappa shape index (κ3) is 3.58. The number of nitrogens with one attached hydrogen (secondary N) is 1. The average molecular weight is 277 g/mol. The van der Waals surface area contributed by atoms with Gasteiger partial charge in [0, 0.05) is 12.6 Å². The number of aliphatic carboxylic acids is 1. The second kappa shape index (κ2) is 6.37. The van der Waals surface area contributed by atoms with Crippen molar-refractivity contribution in [2.75, 3.05) is 6.61 Å². The molecule has 0 radical (unpaired) electrons. The first-order valence-corrected chi connectivity index (χ1v) is 7.22. The van der Waals surface area contributed by atoms with E-state index in [0.29, 0.717) is 6.61 Å². The molecule has 0 bridgehead atoms. The van der Waals surface area contributed by atoms with E-state index in [2.05, 4.69) is 19.2 Å². The monoisotopic (exact) mass is 277 g/mol. The summed E-state index contributed by atoms with van der Waals surface area (Å²) in [6, 6.07) is 8.86. The largest absolute Gasteiger partial charge is 0.480 e. The molecule has 3 atom stereocenters. The number of benzene rings is 1. The first-order chi connectivity index (χ1) is 9.54. The van der Waals surface area contributed by atoms with Crippen molar-refractivity contribution in [3.8, 4) is 0 Å². The van der Waals surface area contributed by atoms with Crippen molar-refractivity contribution in [3.63, 3.8) is 0 Å². The van der Waals surface area contributed by atoms with E-state index in [-0.39, 0.29) is 11.6 Å². The Hall–Kier alpha value is -1.39. The fourth-order valence-electron chi connectivity index (χ4n) is 2.71. The molecule has 0 aliphatic carbocycles. The van der Waals surface area contributed by atoms with E-state index in [0.717, 1.165) is 24.8 Å². The van der Waals surface area contributed by atoms with Crippen molar-refractivity contribution in [1.29, 1.82) is 0 Å². The summed E-state index contributed by atoms with van der Waals surface area (Å²) in [6.07, 6.45) is 2.64.